The molecule has 0 spiro atoms. The lowest BCUT2D eigenvalue weighted by Gasteiger charge is -2.24. The van der Waals surface area contributed by atoms with Crippen molar-refractivity contribution >= 4 is 17.4 Å². The molecule has 1 amide bonds. The summed E-state index contributed by atoms with van der Waals surface area (Å²) in [6.07, 6.45) is 8.79. The van der Waals surface area contributed by atoms with Crippen LogP contribution in [0.15, 0.2) is 48.9 Å². The summed E-state index contributed by atoms with van der Waals surface area (Å²) in [5.74, 6) is 1.01. The Bertz CT molecular complexity index is 785. The van der Waals surface area contributed by atoms with E-state index in [2.05, 4.69) is 15.3 Å². The molecule has 110 valence electrons. The van der Waals surface area contributed by atoms with Gasteiger partial charge in [0.05, 0.1) is 5.69 Å². The normalized spacial score (nSPS) is 14.7. The monoisotopic (exact) mass is 292 g/mol. The maximum absolute atomic E-state index is 11.9. The molecule has 1 N–H and O–H groups in total. The first-order valence-corrected chi connectivity index (χ1v) is 7.51. The van der Waals surface area contributed by atoms with Gasteiger partial charge >= 0.3 is 0 Å². The van der Waals surface area contributed by atoms with E-state index in [0.717, 1.165) is 29.8 Å². The smallest absolute Gasteiger partial charge is 0.234 e. The Hall–Kier alpha value is -2.69. The average molecular weight is 292 g/mol. The molecule has 0 atom stereocenters. The summed E-state index contributed by atoms with van der Waals surface area (Å²) in [4.78, 5) is 20.6. The molecule has 0 bridgehead atoms. The van der Waals surface area contributed by atoms with Gasteiger partial charge in [0.2, 0.25) is 11.7 Å². The largest absolute Gasteiger partial charge is 0.326 e. The predicted octanol–water partition coefficient (Wildman–Crippen LogP) is 3.13. The van der Waals surface area contributed by atoms with Gasteiger partial charge in [0, 0.05) is 35.8 Å². The second-order valence-electron chi connectivity index (χ2n) is 5.65. The number of amides is 1. The number of carbonyl (C=O) groups excluding carboxylic acids is 1. The summed E-state index contributed by atoms with van der Waals surface area (Å²) in [5, 5.41) is 2.97. The van der Waals surface area contributed by atoms with Gasteiger partial charge in [0.25, 0.3) is 0 Å². The number of rotatable bonds is 3. The van der Waals surface area contributed by atoms with E-state index in [0.29, 0.717) is 5.78 Å². The first-order valence-electron chi connectivity index (χ1n) is 7.51. The van der Waals surface area contributed by atoms with E-state index in [4.69, 9.17) is 0 Å². The Morgan fingerprint density at radius 3 is 2.73 bits per heavy atom. The summed E-state index contributed by atoms with van der Waals surface area (Å²) < 4.78 is 1.89. The maximum Gasteiger partial charge on any atom is 0.234 e. The summed E-state index contributed by atoms with van der Waals surface area (Å²) in [7, 11) is 0. The zero-order chi connectivity index (χ0) is 14.9. The lowest BCUT2D eigenvalue weighted by atomic mass is 9.85. The minimum absolute atomic E-state index is 0.135. The number of anilines is 1. The zero-order valence-corrected chi connectivity index (χ0v) is 12.1. The van der Waals surface area contributed by atoms with Gasteiger partial charge in [0.1, 0.15) is 0 Å². The fourth-order valence-electron chi connectivity index (χ4n) is 2.61. The van der Waals surface area contributed by atoms with Crippen LogP contribution in [0.1, 0.15) is 19.3 Å². The van der Waals surface area contributed by atoms with Gasteiger partial charge in [-0.15, -0.1) is 0 Å². The van der Waals surface area contributed by atoms with Crippen LogP contribution < -0.4 is 5.32 Å². The number of nitrogens with zero attached hydrogens (tertiary/aromatic N) is 3. The molecule has 5 nitrogen and oxygen atoms in total. The van der Waals surface area contributed by atoms with Gasteiger partial charge in [-0.05, 0) is 31.0 Å². The molecule has 3 aromatic rings. The standard InChI is InChI=1S/C17H16N4O/c22-16(13-3-1-4-13)19-14-7-5-12(6-8-14)15-11-21-10-2-9-18-17(21)20-15/h2,5-11,13H,1,3-4H2,(H,19,22). The highest BCUT2D eigenvalue weighted by atomic mass is 16.1. The van der Waals surface area contributed by atoms with Crippen molar-refractivity contribution in [1.82, 2.24) is 14.4 Å². The average Bonchev–Trinajstić information content (AvgIpc) is 2.90. The second-order valence-corrected chi connectivity index (χ2v) is 5.65. The minimum atomic E-state index is 0.135. The van der Waals surface area contributed by atoms with Gasteiger partial charge in [-0.3, -0.25) is 9.20 Å². The van der Waals surface area contributed by atoms with Crippen LogP contribution in [0, 0.1) is 5.92 Å². The van der Waals surface area contributed by atoms with Crippen molar-refractivity contribution in [2.75, 3.05) is 5.32 Å². The third-order valence-corrected chi connectivity index (χ3v) is 4.16. The fourth-order valence-corrected chi connectivity index (χ4v) is 2.61. The lowest BCUT2D eigenvalue weighted by molar-refractivity contribution is -0.122. The van der Waals surface area contributed by atoms with Gasteiger partial charge in [-0.2, -0.15) is 0 Å². The molecule has 0 saturated heterocycles. The highest BCUT2D eigenvalue weighted by Crippen LogP contribution is 2.28. The molecule has 2 aromatic heterocycles. The van der Waals surface area contributed by atoms with Crippen LogP contribution in [0.3, 0.4) is 0 Å². The Balaban J connectivity index is 1.54. The van der Waals surface area contributed by atoms with Crippen molar-refractivity contribution in [2.24, 2.45) is 5.92 Å². The molecular formula is C17H16N4O. The Morgan fingerprint density at radius 2 is 2.05 bits per heavy atom. The van der Waals surface area contributed by atoms with E-state index in [9.17, 15) is 4.79 Å². The molecule has 22 heavy (non-hydrogen) atoms. The van der Waals surface area contributed by atoms with Crippen molar-refractivity contribution < 1.29 is 4.79 Å². The van der Waals surface area contributed by atoms with E-state index >= 15 is 0 Å². The molecule has 0 unspecified atom stereocenters. The van der Waals surface area contributed by atoms with Gasteiger partial charge in [-0.25, -0.2) is 9.97 Å². The Morgan fingerprint density at radius 1 is 1.23 bits per heavy atom. The van der Waals surface area contributed by atoms with Crippen molar-refractivity contribution in [1.29, 1.82) is 0 Å². The topological polar surface area (TPSA) is 59.3 Å². The van der Waals surface area contributed by atoms with E-state index in [-0.39, 0.29) is 11.8 Å². The molecule has 0 aliphatic heterocycles. The number of fused-ring (bicyclic) bond motifs is 1. The number of nitrogens with one attached hydrogen (secondary N) is 1. The highest BCUT2D eigenvalue weighted by molar-refractivity contribution is 5.93. The summed E-state index contributed by atoms with van der Waals surface area (Å²) >= 11 is 0. The third kappa shape index (κ3) is 2.35. The molecule has 1 aromatic carbocycles. The quantitative estimate of drug-likeness (QED) is 0.806. The van der Waals surface area contributed by atoms with Crippen LogP contribution in [-0.2, 0) is 4.79 Å². The first kappa shape index (κ1) is 13.0. The van der Waals surface area contributed by atoms with Crippen molar-refractivity contribution in [2.45, 2.75) is 19.3 Å². The molecule has 0 radical (unpaired) electrons. The molecule has 4 rings (SSSR count). The molecule has 1 fully saturated rings. The van der Waals surface area contributed by atoms with Crippen LogP contribution in [0.25, 0.3) is 17.0 Å². The number of aromatic nitrogens is 3. The molecular weight excluding hydrogens is 276 g/mol. The van der Waals surface area contributed by atoms with Crippen molar-refractivity contribution in [3.63, 3.8) is 0 Å². The number of carbonyl (C=O) groups is 1. The Labute approximate surface area is 128 Å². The molecule has 5 heteroatoms. The lowest BCUT2D eigenvalue weighted by Crippen LogP contribution is -2.27. The van der Waals surface area contributed by atoms with Crippen LogP contribution in [0.2, 0.25) is 0 Å². The van der Waals surface area contributed by atoms with Gasteiger partial charge in [-0.1, -0.05) is 18.6 Å². The number of hydrogen-bond acceptors (Lipinski definition) is 3. The zero-order valence-electron chi connectivity index (χ0n) is 12.1. The third-order valence-electron chi connectivity index (χ3n) is 4.16. The molecule has 2 heterocycles. The molecule has 1 aliphatic rings. The number of hydrogen-bond donors (Lipinski definition) is 1. The van der Waals surface area contributed by atoms with Crippen molar-refractivity contribution in [3.05, 3.63) is 48.9 Å². The SMILES string of the molecule is O=C(Nc1ccc(-c2cn3cccnc3n2)cc1)C1CCC1. The second kappa shape index (κ2) is 5.26. The van der Waals surface area contributed by atoms with Gasteiger partial charge in [0.15, 0.2) is 0 Å². The summed E-state index contributed by atoms with van der Waals surface area (Å²) in [6, 6.07) is 9.65. The molecule has 1 aliphatic carbocycles. The first-order chi connectivity index (χ1) is 10.8. The molecule has 1 saturated carbocycles. The summed E-state index contributed by atoms with van der Waals surface area (Å²) in [6.45, 7) is 0. The van der Waals surface area contributed by atoms with Gasteiger partial charge < -0.3 is 5.32 Å². The number of benzene rings is 1. The maximum atomic E-state index is 11.9. The van der Waals surface area contributed by atoms with Crippen LogP contribution >= 0.6 is 0 Å². The minimum Gasteiger partial charge on any atom is -0.326 e. The number of imidazole rings is 1. The Kier molecular flexibility index (Phi) is 3.11. The highest BCUT2D eigenvalue weighted by Gasteiger charge is 2.25. The predicted molar refractivity (Wildman–Crippen MR) is 84.4 cm³/mol. The van der Waals surface area contributed by atoms with E-state index in [1.165, 1.54) is 6.42 Å². The van der Waals surface area contributed by atoms with Crippen molar-refractivity contribution in [3.8, 4) is 11.3 Å². The van der Waals surface area contributed by atoms with E-state index in [1.807, 2.05) is 47.1 Å². The van der Waals surface area contributed by atoms with E-state index < -0.39 is 0 Å². The van der Waals surface area contributed by atoms with E-state index in [1.54, 1.807) is 6.20 Å². The summed E-state index contributed by atoms with van der Waals surface area (Å²) in [5.41, 5.74) is 2.71. The fraction of sp³-hybridized carbons (Fsp3) is 0.235. The van der Waals surface area contributed by atoms with Crippen LogP contribution in [-0.4, -0.2) is 20.3 Å². The van der Waals surface area contributed by atoms with Crippen LogP contribution in [0.5, 0.6) is 0 Å². The van der Waals surface area contributed by atoms with Crippen LogP contribution in [0.4, 0.5) is 5.69 Å².